The molecule has 0 spiro atoms. The third-order valence-electron chi connectivity index (χ3n) is 19.4. The highest BCUT2D eigenvalue weighted by atomic mass is 127. The van der Waals surface area contributed by atoms with Crippen LogP contribution in [-0.4, -0.2) is 246 Å². The van der Waals surface area contributed by atoms with Gasteiger partial charge >= 0.3 is 0 Å². The van der Waals surface area contributed by atoms with E-state index in [-0.39, 0.29) is 51.0 Å². The minimum Gasteiger partial charge on any atom is -0.497 e. The van der Waals surface area contributed by atoms with Crippen molar-refractivity contribution >= 4 is 109 Å². The Morgan fingerprint density at radius 2 is 1.33 bits per heavy atom. The van der Waals surface area contributed by atoms with Gasteiger partial charge in [-0.15, -0.1) is 0 Å². The Balaban J connectivity index is 1.63. The van der Waals surface area contributed by atoms with Crippen LogP contribution in [0.3, 0.4) is 0 Å². The third-order valence-corrected chi connectivity index (χ3v) is 20.8. The van der Waals surface area contributed by atoms with Gasteiger partial charge in [-0.05, 0) is 142 Å². The van der Waals surface area contributed by atoms with Crippen molar-refractivity contribution in [2.24, 2.45) is 11.8 Å². The van der Waals surface area contributed by atoms with Crippen LogP contribution in [-0.2, 0) is 70.4 Å². The summed E-state index contributed by atoms with van der Waals surface area (Å²) in [4.78, 5) is 188. The average molecular weight is 1520 g/mol. The molecule has 27 heteroatoms. The monoisotopic (exact) mass is 1510 g/mol. The van der Waals surface area contributed by atoms with E-state index in [1.807, 2.05) is 39.8 Å². The van der Waals surface area contributed by atoms with E-state index in [0.29, 0.717) is 66.5 Å². The molecule has 0 bridgehead atoms. The van der Waals surface area contributed by atoms with E-state index in [2.05, 4.69) is 59.8 Å². The number of nitrogens with zero attached hydrogens (tertiary/aromatic N) is 8. The number of nitrogens with one attached hydrogen (secondary N) is 4. The first-order valence-electron chi connectivity index (χ1n) is 33.6. The Kier molecular flexibility index (Phi) is 30.0. The molecule has 0 unspecified atom stereocenters. The van der Waals surface area contributed by atoms with Crippen LogP contribution in [0.4, 0.5) is 0 Å². The highest BCUT2D eigenvalue weighted by molar-refractivity contribution is 14.1. The van der Waals surface area contributed by atoms with Crippen molar-refractivity contribution in [3.8, 4) is 5.75 Å². The zero-order chi connectivity index (χ0) is 71.8. The standard InChI is InChI=1S/C69H104BrIN12O13/c1-17-20-24-49-63(90)81(15)69(8,9)68(95)74-51(35-41(4)5)62(89)79(13)55(66(93)82-32-22-21-23-33-82)39-57(85)78(12)52(19-3)60(87)75-58(42(6)18-2)67(94)77(11)43(7)61(88)83-34-31-53(83)65(92)80(14)54(36-44-25-28-47(96-16)29-26-44)64(91)76(10)40-56(84)72-50(59(86)73-49)38-45-37-46(71)27-30-48(45)70/h25-30,37,41-43,49-55,58H,17-24,31-36,38-40H2,1-16H3,(H,72,84)(H,73,86)(H,74,95)(H,75,87)/t42-,43-,49-,50-,51-,52-,53-,54-,55-,58-/m0/s1. The first-order chi connectivity index (χ1) is 45.1. The molecule has 0 radical (unpaired) electrons. The molecule has 532 valence electrons. The molecule has 2 aromatic rings. The van der Waals surface area contributed by atoms with Gasteiger partial charge in [-0.2, -0.15) is 0 Å². The molecule has 25 nitrogen and oxygen atoms in total. The number of likely N-dealkylation sites (tertiary alicyclic amines) is 1. The number of hydrogen-bond donors (Lipinski definition) is 4. The normalized spacial score (nSPS) is 25.6. The van der Waals surface area contributed by atoms with Gasteiger partial charge in [0, 0.05) is 82.8 Å². The fourth-order valence-electron chi connectivity index (χ4n) is 12.2. The Hall–Kier alpha value is -6.91. The molecule has 0 aromatic heterocycles. The summed E-state index contributed by atoms with van der Waals surface area (Å²) >= 11 is 5.72. The summed E-state index contributed by atoms with van der Waals surface area (Å²) in [5.74, 6) is -7.96. The lowest BCUT2D eigenvalue weighted by Crippen LogP contribution is -2.65. The topological polar surface area (TPSA) is 288 Å². The molecule has 2 aromatic carbocycles. The minimum absolute atomic E-state index is 0.0321. The predicted molar refractivity (Wildman–Crippen MR) is 375 cm³/mol. The number of carbonyl (C=O) groups is 12. The summed E-state index contributed by atoms with van der Waals surface area (Å²) in [7, 11) is 10.0. The highest BCUT2D eigenvalue weighted by Crippen LogP contribution is 2.28. The minimum atomic E-state index is -1.70. The van der Waals surface area contributed by atoms with Crippen molar-refractivity contribution in [3.63, 3.8) is 0 Å². The van der Waals surface area contributed by atoms with Crippen molar-refractivity contribution in [3.05, 3.63) is 61.6 Å². The van der Waals surface area contributed by atoms with E-state index in [1.165, 1.54) is 99.6 Å². The number of benzene rings is 2. The van der Waals surface area contributed by atoms with E-state index in [0.717, 1.165) is 14.9 Å². The van der Waals surface area contributed by atoms with Gasteiger partial charge in [0.25, 0.3) is 0 Å². The number of methoxy groups -OCH3 is 1. The van der Waals surface area contributed by atoms with Crippen LogP contribution in [0.2, 0.25) is 0 Å². The van der Waals surface area contributed by atoms with Crippen molar-refractivity contribution in [1.29, 1.82) is 0 Å². The molecule has 96 heavy (non-hydrogen) atoms. The van der Waals surface area contributed by atoms with Gasteiger partial charge in [-0.1, -0.05) is 88.9 Å². The van der Waals surface area contributed by atoms with Gasteiger partial charge in [0.15, 0.2) is 0 Å². The maximum Gasteiger partial charge on any atom is 0.246 e. The number of carbonyl (C=O) groups excluding carboxylic acids is 12. The molecule has 3 heterocycles. The van der Waals surface area contributed by atoms with Gasteiger partial charge < -0.3 is 65.2 Å². The first-order valence-corrected chi connectivity index (χ1v) is 35.5. The number of piperidine rings is 1. The van der Waals surface area contributed by atoms with E-state index in [1.54, 1.807) is 49.1 Å². The summed E-state index contributed by atoms with van der Waals surface area (Å²) in [6.45, 7) is 15.7. The van der Waals surface area contributed by atoms with E-state index in [4.69, 9.17) is 4.74 Å². The number of ether oxygens (including phenoxy) is 1. The molecule has 3 aliphatic rings. The largest absolute Gasteiger partial charge is 0.497 e. The van der Waals surface area contributed by atoms with Gasteiger partial charge in [-0.25, -0.2) is 0 Å². The second-order valence-corrected chi connectivity index (χ2v) is 29.0. The lowest BCUT2D eigenvalue weighted by atomic mass is 9.95. The number of rotatable bonds is 14. The fraction of sp³-hybridized carbons (Fsp3) is 0.652. The molecule has 5 rings (SSSR count). The smallest absolute Gasteiger partial charge is 0.246 e. The molecule has 3 saturated heterocycles. The molecule has 4 N–H and O–H groups in total. The maximum atomic E-state index is 15.1. The number of halogens is 2. The summed E-state index contributed by atoms with van der Waals surface area (Å²) in [5.41, 5.74) is -0.430. The van der Waals surface area contributed by atoms with Crippen LogP contribution >= 0.6 is 38.5 Å². The van der Waals surface area contributed by atoms with Gasteiger partial charge in [-0.3, -0.25) is 57.5 Å². The molecular weight excluding hydrogens is 1410 g/mol. The summed E-state index contributed by atoms with van der Waals surface area (Å²) in [6.07, 6.45) is 3.61. The fourth-order valence-corrected chi connectivity index (χ4v) is 13.2. The molecular formula is C69H104BrIN12O13. The lowest BCUT2D eigenvalue weighted by molar-refractivity contribution is -0.160. The zero-order valence-electron chi connectivity index (χ0n) is 59.1. The summed E-state index contributed by atoms with van der Waals surface area (Å²) in [6, 6.07) is 1.30. The number of unbranched alkanes of at least 4 members (excludes halogenated alkanes) is 1. The van der Waals surface area contributed by atoms with Crippen LogP contribution in [0, 0.1) is 15.4 Å². The van der Waals surface area contributed by atoms with Gasteiger partial charge in [0.05, 0.1) is 20.1 Å². The van der Waals surface area contributed by atoms with E-state index in [9.17, 15) is 52.7 Å². The predicted octanol–water partition coefficient (Wildman–Crippen LogP) is 4.52. The molecule has 3 aliphatic heterocycles. The Morgan fingerprint density at radius 3 is 1.91 bits per heavy atom. The quantitative estimate of drug-likeness (QED) is 0.190. The number of fused-ring (bicyclic) bond motifs is 1. The van der Waals surface area contributed by atoms with Crippen LogP contribution in [0.5, 0.6) is 5.75 Å². The van der Waals surface area contributed by atoms with E-state index < -0.39 is 150 Å². The molecule has 0 aliphatic carbocycles. The SMILES string of the molecule is CCCC[C@@H]1NC(=O)[C@H](Cc2cc(I)ccc2Br)NC(=O)CN(C)C(=O)[C@H](Cc2ccc(OC)cc2)N(C)C(=O)[C@@H]2CCN2C(=O)[C@H](C)N(C)C(=O)[C@H]([C@@H](C)CC)NC(=O)[C@H](CC)N(C)C(=O)C[C@@H](C(=O)N2CCCCC2)N(C)C(=O)[C@H](CC(C)C)NC(=O)C(C)(C)N(C)C1=O. The lowest BCUT2D eigenvalue weighted by Gasteiger charge is -2.45. The Morgan fingerprint density at radius 1 is 0.688 bits per heavy atom. The van der Waals surface area contributed by atoms with Crippen molar-refractivity contribution in [2.75, 3.05) is 75.6 Å². The third kappa shape index (κ3) is 20.1. The number of amides is 12. The van der Waals surface area contributed by atoms with Crippen molar-refractivity contribution in [1.82, 2.24) is 60.5 Å². The first kappa shape index (κ1) is 79.8. The van der Waals surface area contributed by atoms with Gasteiger partial charge in [0.2, 0.25) is 70.9 Å². The second kappa shape index (κ2) is 36.1. The van der Waals surface area contributed by atoms with E-state index >= 15 is 4.79 Å². The maximum absolute atomic E-state index is 15.1. The molecule has 3 fully saturated rings. The van der Waals surface area contributed by atoms with Crippen LogP contribution in [0.25, 0.3) is 0 Å². The summed E-state index contributed by atoms with van der Waals surface area (Å²) in [5, 5.41) is 11.5. The number of likely N-dealkylation sites (N-methyl/N-ethyl adjacent to an activating group) is 6. The van der Waals surface area contributed by atoms with Crippen LogP contribution in [0.1, 0.15) is 144 Å². The van der Waals surface area contributed by atoms with Crippen LogP contribution in [0.15, 0.2) is 46.9 Å². The zero-order valence-corrected chi connectivity index (χ0v) is 62.8. The summed E-state index contributed by atoms with van der Waals surface area (Å²) < 4.78 is 6.84. The van der Waals surface area contributed by atoms with Crippen molar-refractivity contribution < 1.29 is 62.3 Å². The second-order valence-electron chi connectivity index (χ2n) is 26.9. The van der Waals surface area contributed by atoms with Gasteiger partial charge in [0.1, 0.15) is 65.7 Å². The Bertz CT molecular complexity index is 3130. The number of hydrogen-bond acceptors (Lipinski definition) is 13. The van der Waals surface area contributed by atoms with Crippen molar-refractivity contribution in [2.45, 2.75) is 206 Å². The highest BCUT2D eigenvalue weighted by Gasteiger charge is 2.47. The van der Waals surface area contributed by atoms with Crippen LogP contribution < -0.4 is 26.0 Å². The molecule has 12 amide bonds. The average Bonchev–Trinajstić information content (AvgIpc) is 0.837. The molecule has 10 atom stereocenters. The Labute approximate surface area is 589 Å². The molecule has 0 saturated carbocycles.